The van der Waals surface area contributed by atoms with E-state index in [-0.39, 0.29) is 18.7 Å². The highest BCUT2D eigenvalue weighted by atomic mass is 32.1. The first-order chi connectivity index (χ1) is 14.4. The molecule has 2 N–H and O–H groups in total. The monoisotopic (exact) mass is 432 g/mol. The van der Waals surface area contributed by atoms with E-state index in [0.29, 0.717) is 22.9 Å². The Morgan fingerprint density at radius 2 is 2.10 bits per heavy atom. The van der Waals surface area contributed by atoms with Crippen molar-refractivity contribution in [2.45, 2.75) is 58.5 Å². The number of aromatic nitrogens is 2. The molecular weight excluding hydrogens is 404 g/mol. The van der Waals surface area contributed by atoms with Crippen molar-refractivity contribution in [2.75, 3.05) is 11.9 Å². The normalized spacial score (nSPS) is 18.4. The number of rotatable bonds is 7. The molecule has 2 aromatic rings. The molecule has 9 heteroatoms. The molecule has 1 fully saturated rings. The molecule has 0 aliphatic heterocycles. The van der Waals surface area contributed by atoms with Crippen LogP contribution in [0.3, 0.4) is 0 Å². The number of anilines is 1. The van der Waals surface area contributed by atoms with Crippen LogP contribution in [-0.4, -0.2) is 40.0 Å². The van der Waals surface area contributed by atoms with Gasteiger partial charge in [0.1, 0.15) is 5.00 Å². The van der Waals surface area contributed by atoms with Crippen LogP contribution in [0.2, 0.25) is 0 Å². The Morgan fingerprint density at radius 1 is 1.30 bits per heavy atom. The Kier molecular flexibility index (Phi) is 7.25. The molecule has 2 heterocycles. The molecule has 1 saturated carbocycles. The number of hydrogen-bond acceptors (Lipinski definition) is 6. The molecule has 0 bridgehead atoms. The Balaban J connectivity index is 1.69. The average Bonchev–Trinajstić information content (AvgIpc) is 3.42. The van der Waals surface area contributed by atoms with E-state index in [9.17, 15) is 14.4 Å². The standard InChI is InChI=1S/C21H28N4O4S/c1-4-29-21(28)17-14(10-13(2)3)11-30-20(17)24-19(27)18(26)23-15-6-5-7-16(15)25-9-8-22-12-25/h8-9,11-13,15-16H,4-7,10H2,1-3H3,(H,23,26)(H,24,27). The number of esters is 1. The first kappa shape index (κ1) is 22.0. The maximum absolute atomic E-state index is 12.6. The molecule has 0 saturated heterocycles. The Hall–Kier alpha value is -2.68. The third-order valence-corrected chi connectivity index (χ3v) is 6.06. The van der Waals surface area contributed by atoms with Gasteiger partial charge in [0.2, 0.25) is 0 Å². The number of nitrogens with one attached hydrogen (secondary N) is 2. The zero-order valence-corrected chi connectivity index (χ0v) is 18.3. The second-order valence-corrected chi connectivity index (χ2v) is 8.71. The lowest BCUT2D eigenvalue weighted by atomic mass is 10.0. The fourth-order valence-electron chi connectivity index (χ4n) is 3.83. The largest absolute Gasteiger partial charge is 0.462 e. The lowest BCUT2D eigenvalue weighted by Crippen LogP contribution is -2.43. The van der Waals surface area contributed by atoms with Gasteiger partial charge in [0.15, 0.2) is 0 Å². The van der Waals surface area contributed by atoms with Crippen molar-refractivity contribution in [1.29, 1.82) is 0 Å². The molecule has 0 aromatic carbocycles. The van der Waals surface area contributed by atoms with E-state index in [1.807, 2.05) is 16.1 Å². The predicted octanol–water partition coefficient (Wildman–Crippen LogP) is 3.17. The minimum atomic E-state index is -0.783. The fourth-order valence-corrected chi connectivity index (χ4v) is 4.79. The molecule has 0 spiro atoms. The van der Waals surface area contributed by atoms with Gasteiger partial charge in [-0.05, 0) is 49.5 Å². The SMILES string of the molecule is CCOC(=O)c1c(CC(C)C)csc1NC(=O)C(=O)NC1CCCC1n1ccnc1. The zero-order valence-electron chi connectivity index (χ0n) is 17.5. The molecule has 162 valence electrons. The Morgan fingerprint density at radius 3 is 2.77 bits per heavy atom. The van der Waals surface area contributed by atoms with E-state index in [1.54, 1.807) is 19.4 Å². The number of ether oxygens (including phenoxy) is 1. The molecule has 2 atom stereocenters. The van der Waals surface area contributed by atoms with Crippen LogP contribution in [0.4, 0.5) is 5.00 Å². The van der Waals surface area contributed by atoms with Gasteiger partial charge >= 0.3 is 17.8 Å². The van der Waals surface area contributed by atoms with Gasteiger partial charge in [-0.1, -0.05) is 13.8 Å². The summed E-state index contributed by atoms with van der Waals surface area (Å²) in [5, 5.41) is 7.64. The highest BCUT2D eigenvalue weighted by Crippen LogP contribution is 2.32. The summed E-state index contributed by atoms with van der Waals surface area (Å²) in [5.74, 6) is -1.64. The van der Waals surface area contributed by atoms with E-state index in [2.05, 4.69) is 29.5 Å². The summed E-state index contributed by atoms with van der Waals surface area (Å²) in [6.45, 7) is 6.07. The summed E-state index contributed by atoms with van der Waals surface area (Å²) in [4.78, 5) is 41.6. The fraction of sp³-hybridized carbons (Fsp3) is 0.524. The molecular formula is C21H28N4O4S. The van der Waals surface area contributed by atoms with Crippen molar-refractivity contribution in [2.24, 2.45) is 5.92 Å². The van der Waals surface area contributed by atoms with Gasteiger partial charge in [0.05, 0.1) is 30.6 Å². The van der Waals surface area contributed by atoms with Crippen LogP contribution in [0.5, 0.6) is 0 Å². The lowest BCUT2D eigenvalue weighted by Gasteiger charge is -2.21. The van der Waals surface area contributed by atoms with E-state index in [1.165, 1.54) is 11.3 Å². The first-order valence-corrected chi connectivity index (χ1v) is 11.1. The number of nitrogens with zero attached hydrogens (tertiary/aromatic N) is 2. The number of carbonyl (C=O) groups is 3. The number of imidazole rings is 1. The summed E-state index contributed by atoms with van der Waals surface area (Å²) >= 11 is 1.23. The molecule has 1 aliphatic carbocycles. The van der Waals surface area contributed by atoms with Crippen molar-refractivity contribution in [3.63, 3.8) is 0 Å². The average molecular weight is 433 g/mol. The van der Waals surface area contributed by atoms with Crippen LogP contribution in [0, 0.1) is 5.92 Å². The maximum atomic E-state index is 12.6. The Bertz CT molecular complexity index is 891. The van der Waals surface area contributed by atoms with E-state index >= 15 is 0 Å². The highest BCUT2D eigenvalue weighted by Gasteiger charge is 2.32. The van der Waals surface area contributed by atoms with Crippen LogP contribution >= 0.6 is 11.3 Å². The summed E-state index contributed by atoms with van der Waals surface area (Å²) in [6, 6.07) is -0.0551. The van der Waals surface area contributed by atoms with Crippen molar-refractivity contribution >= 4 is 34.1 Å². The lowest BCUT2D eigenvalue weighted by molar-refractivity contribution is -0.136. The van der Waals surface area contributed by atoms with Gasteiger partial charge in [0, 0.05) is 12.4 Å². The molecule has 0 radical (unpaired) electrons. The molecule has 2 amide bonds. The van der Waals surface area contributed by atoms with Crippen LogP contribution in [0.25, 0.3) is 0 Å². The second-order valence-electron chi connectivity index (χ2n) is 7.83. The van der Waals surface area contributed by atoms with Crippen LogP contribution in [-0.2, 0) is 20.7 Å². The summed E-state index contributed by atoms with van der Waals surface area (Å²) in [7, 11) is 0. The number of amides is 2. The molecule has 3 rings (SSSR count). The van der Waals surface area contributed by atoms with Crippen LogP contribution < -0.4 is 10.6 Å². The number of hydrogen-bond donors (Lipinski definition) is 2. The molecule has 8 nitrogen and oxygen atoms in total. The molecule has 2 aromatic heterocycles. The predicted molar refractivity (Wildman–Crippen MR) is 114 cm³/mol. The molecule has 1 aliphatic rings. The van der Waals surface area contributed by atoms with Gasteiger partial charge < -0.3 is 19.9 Å². The minimum absolute atomic E-state index is 0.0822. The number of carbonyl (C=O) groups excluding carboxylic acids is 3. The van der Waals surface area contributed by atoms with Gasteiger partial charge in [-0.15, -0.1) is 11.3 Å². The van der Waals surface area contributed by atoms with Gasteiger partial charge in [0.25, 0.3) is 0 Å². The topological polar surface area (TPSA) is 102 Å². The number of thiophene rings is 1. The van der Waals surface area contributed by atoms with Gasteiger partial charge in [-0.3, -0.25) is 9.59 Å². The third-order valence-electron chi connectivity index (χ3n) is 5.11. The smallest absolute Gasteiger partial charge is 0.341 e. The Labute approximate surface area is 180 Å². The minimum Gasteiger partial charge on any atom is -0.462 e. The first-order valence-electron chi connectivity index (χ1n) is 10.3. The van der Waals surface area contributed by atoms with E-state index in [0.717, 1.165) is 24.8 Å². The maximum Gasteiger partial charge on any atom is 0.341 e. The third kappa shape index (κ3) is 5.08. The summed E-state index contributed by atoms with van der Waals surface area (Å²) < 4.78 is 7.13. The zero-order chi connectivity index (χ0) is 21.7. The summed E-state index contributed by atoms with van der Waals surface area (Å²) in [5.41, 5.74) is 1.16. The van der Waals surface area contributed by atoms with Crippen molar-refractivity contribution in [1.82, 2.24) is 14.9 Å². The van der Waals surface area contributed by atoms with Crippen molar-refractivity contribution in [3.05, 3.63) is 35.2 Å². The van der Waals surface area contributed by atoms with Crippen molar-refractivity contribution < 1.29 is 19.1 Å². The van der Waals surface area contributed by atoms with Gasteiger partial charge in [-0.2, -0.15) is 0 Å². The molecule has 2 unspecified atom stereocenters. The van der Waals surface area contributed by atoms with E-state index in [4.69, 9.17) is 4.74 Å². The highest BCUT2D eigenvalue weighted by molar-refractivity contribution is 7.15. The van der Waals surface area contributed by atoms with E-state index < -0.39 is 17.8 Å². The van der Waals surface area contributed by atoms with Crippen LogP contribution in [0.15, 0.2) is 24.1 Å². The molecule has 30 heavy (non-hydrogen) atoms. The second kappa shape index (κ2) is 9.88. The van der Waals surface area contributed by atoms with Crippen LogP contribution in [0.1, 0.15) is 62.0 Å². The quantitative estimate of drug-likeness (QED) is 0.517. The summed E-state index contributed by atoms with van der Waals surface area (Å²) in [6.07, 6.45) is 8.65. The van der Waals surface area contributed by atoms with Crippen molar-refractivity contribution in [3.8, 4) is 0 Å². The van der Waals surface area contributed by atoms with Gasteiger partial charge in [-0.25, -0.2) is 9.78 Å².